The van der Waals surface area contributed by atoms with Crippen LogP contribution in [0.1, 0.15) is 11.5 Å². The van der Waals surface area contributed by atoms with Gasteiger partial charge in [0.15, 0.2) is 5.82 Å². The molecule has 1 atom stereocenters. The minimum absolute atomic E-state index is 0.0957. The Balaban J connectivity index is 1.84. The van der Waals surface area contributed by atoms with Gasteiger partial charge in [-0.05, 0) is 22.7 Å². The van der Waals surface area contributed by atoms with Gasteiger partial charge >= 0.3 is 5.97 Å². The summed E-state index contributed by atoms with van der Waals surface area (Å²) in [5.41, 5.74) is 1.20. The van der Waals surface area contributed by atoms with Crippen molar-refractivity contribution >= 4 is 33.3 Å². The number of sulfonamides is 1. The predicted octanol–water partition coefficient (Wildman–Crippen LogP) is 2.82. The van der Waals surface area contributed by atoms with Crippen LogP contribution in [-0.4, -0.2) is 34.8 Å². The fourth-order valence-electron chi connectivity index (χ4n) is 2.44. The lowest BCUT2D eigenvalue weighted by Crippen LogP contribution is -2.26. The van der Waals surface area contributed by atoms with E-state index in [2.05, 4.69) is 14.3 Å². The van der Waals surface area contributed by atoms with Crippen LogP contribution in [0.3, 0.4) is 0 Å². The highest BCUT2D eigenvalue weighted by Gasteiger charge is 2.28. The van der Waals surface area contributed by atoms with Crippen molar-refractivity contribution in [2.45, 2.75) is 5.92 Å². The number of carboxylic acid groups (broad SMARTS) is 1. The quantitative estimate of drug-likeness (QED) is 0.643. The minimum Gasteiger partial charge on any atom is -0.481 e. The summed E-state index contributed by atoms with van der Waals surface area (Å²) >= 11 is 1.06. The van der Waals surface area contributed by atoms with Crippen LogP contribution in [0.15, 0.2) is 60.7 Å². The van der Waals surface area contributed by atoms with Crippen molar-refractivity contribution in [3.05, 3.63) is 66.2 Å². The number of benzene rings is 2. The van der Waals surface area contributed by atoms with E-state index in [1.165, 1.54) is 0 Å². The van der Waals surface area contributed by atoms with E-state index in [0.29, 0.717) is 10.4 Å². The Bertz CT molecular complexity index is 989. The summed E-state index contributed by atoms with van der Waals surface area (Å²) in [5, 5.41) is 13.3. The molecule has 0 aliphatic heterocycles. The zero-order chi connectivity index (χ0) is 18.6. The second-order valence-electron chi connectivity index (χ2n) is 5.50. The SMILES string of the molecule is O=C(O)C(CS(=O)(=O)Nc1nnsc1-c1ccccc1)c1ccccc1. The lowest BCUT2D eigenvalue weighted by atomic mass is 10.0. The summed E-state index contributed by atoms with van der Waals surface area (Å²) in [5.74, 6) is -2.89. The molecule has 0 radical (unpaired) electrons. The standard InChI is InChI=1S/C17H15N3O4S2/c21-17(22)14(12-7-3-1-4-8-12)11-26(23,24)19-16-15(25-20-18-16)13-9-5-2-6-10-13/h1-10,14,19H,11H2,(H,21,22). The molecule has 134 valence electrons. The summed E-state index contributed by atoms with van der Waals surface area (Å²) in [6.07, 6.45) is 0. The normalized spacial score (nSPS) is 12.5. The number of carbonyl (C=O) groups is 1. The lowest BCUT2D eigenvalue weighted by molar-refractivity contribution is -0.138. The molecule has 3 rings (SSSR count). The Morgan fingerprint density at radius 3 is 2.31 bits per heavy atom. The maximum atomic E-state index is 12.5. The topological polar surface area (TPSA) is 109 Å². The van der Waals surface area contributed by atoms with Gasteiger partial charge in [0.1, 0.15) is 4.88 Å². The molecule has 1 unspecified atom stereocenters. The molecule has 0 aliphatic rings. The van der Waals surface area contributed by atoms with E-state index < -0.39 is 27.7 Å². The van der Waals surface area contributed by atoms with Gasteiger partial charge in [-0.15, -0.1) is 5.10 Å². The monoisotopic (exact) mass is 389 g/mol. The predicted molar refractivity (Wildman–Crippen MR) is 99.6 cm³/mol. The first kappa shape index (κ1) is 18.0. The molecule has 0 amide bonds. The van der Waals surface area contributed by atoms with E-state index in [1.54, 1.807) is 30.3 Å². The van der Waals surface area contributed by atoms with Gasteiger partial charge in [0, 0.05) is 0 Å². The van der Waals surface area contributed by atoms with Gasteiger partial charge in [-0.25, -0.2) is 8.42 Å². The third-order valence-electron chi connectivity index (χ3n) is 3.66. The smallest absolute Gasteiger partial charge is 0.312 e. The molecule has 0 bridgehead atoms. The van der Waals surface area contributed by atoms with Crippen LogP contribution in [0.5, 0.6) is 0 Å². The van der Waals surface area contributed by atoms with Gasteiger partial charge in [0.2, 0.25) is 10.0 Å². The Morgan fingerprint density at radius 1 is 1.08 bits per heavy atom. The van der Waals surface area contributed by atoms with Gasteiger partial charge in [-0.1, -0.05) is 65.2 Å². The molecule has 2 aromatic carbocycles. The first-order chi connectivity index (χ1) is 12.5. The summed E-state index contributed by atoms with van der Waals surface area (Å²) in [6, 6.07) is 17.4. The summed E-state index contributed by atoms with van der Waals surface area (Å²) < 4.78 is 31.2. The number of aromatic nitrogens is 2. The number of nitrogens with zero attached hydrogens (tertiary/aromatic N) is 2. The van der Waals surface area contributed by atoms with E-state index in [0.717, 1.165) is 17.1 Å². The van der Waals surface area contributed by atoms with Crippen LogP contribution in [0.4, 0.5) is 5.82 Å². The van der Waals surface area contributed by atoms with Crippen molar-refractivity contribution in [3.63, 3.8) is 0 Å². The van der Waals surface area contributed by atoms with Crippen molar-refractivity contribution in [2.75, 3.05) is 10.5 Å². The van der Waals surface area contributed by atoms with Crippen molar-refractivity contribution in [2.24, 2.45) is 0 Å². The van der Waals surface area contributed by atoms with Gasteiger partial charge in [-0.2, -0.15) is 0 Å². The number of carboxylic acids is 1. The van der Waals surface area contributed by atoms with Gasteiger partial charge in [-0.3, -0.25) is 9.52 Å². The molecule has 2 N–H and O–H groups in total. The number of nitrogens with one attached hydrogen (secondary N) is 1. The molecule has 9 heteroatoms. The van der Waals surface area contributed by atoms with E-state index in [9.17, 15) is 18.3 Å². The molecule has 0 spiro atoms. The highest BCUT2D eigenvalue weighted by molar-refractivity contribution is 7.92. The van der Waals surface area contributed by atoms with E-state index in [-0.39, 0.29) is 5.82 Å². The molecule has 0 saturated heterocycles. The number of aliphatic carboxylic acids is 1. The van der Waals surface area contributed by atoms with Gasteiger partial charge < -0.3 is 5.11 Å². The van der Waals surface area contributed by atoms with E-state index in [4.69, 9.17) is 0 Å². The van der Waals surface area contributed by atoms with Gasteiger partial charge in [0.25, 0.3) is 0 Å². The molecule has 0 fully saturated rings. The second kappa shape index (κ2) is 7.63. The van der Waals surface area contributed by atoms with Crippen LogP contribution in [-0.2, 0) is 14.8 Å². The van der Waals surface area contributed by atoms with E-state index in [1.807, 2.05) is 30.3 Å². The van der Waals surface area contributed by atoms with Crippen molar-refractivity contribution in [1.29, 1.82) is 0 Å². The number of hydrogen-bond acceptors (Lipinski definition) is 6. The van der Waals surface area contributed by atoms with Crippen LogP contribution in [0.25, 0.3) is 10.4 Å². The Hall–Kier alpha value is -2.78. The summed E-state index contributed by atoms with van der Waals surface area (Å²) in [4.78, 5) is 12.1. The van der Waals surface area contributed by atoms with Crippen molar-refractivity contribution < 1.29 is 18.3 Å². The highest BCUT2D eigenvalue weighted by Crippen LogP contribution is 2.30. The molecule has 7 nitrogen and oxygen atoms in total. The fourth-order valence-corrected chi connectivity index (χ4v) is 4.42. The number of hydrogen-bond donors (Lipinski definition) is 2. The Kier molecular flexibility index (Phi) is 5.29. The third kappa shape index (κ3) is 4.24. The first-order valence-corrected chi connectivity index (χ1v) is 10.0. The molecule has 3 aromatic rings. The molecular weight excluding hydrogens is 374 g/mol. The molecule has 1 heterocycles. The lowest BCUT2D eigenvalue weighted by Gasteiger charge is -2.14. The zero-order valence-electron chi connectivity index (χ0n) is 13.4. The molecular formula is C17H15N3O4S2. The molecule has 0 saturated carbocycles. The Morgan fingerprint density at radius 2 is 1.69 bits per heavy atom. The first-order valence-electron chi connectivity index (χ1n) is 7.62. The van der Waals surface area contributed by atoms with Crippen molar-refractivity contribution in [1.82, 2.24) is 9.59 Å². The second-order valence-corrected chi connectivity index (χ2v) is 8.02. The van der Waals surface area contributed by atoms with Gasteiger partial charge in [0.05, 0.1) is 11.7 Å². The maximum absolute atomic E-state index is 12.5. The van der Waals surface area contributed by atoms with E-state index >= 15 is 0 Å². The average molecular weight is 389 g/mol. The van der Waals surface area contributed by atoms with Crippen LogP contribution in [0, 0.1) is 0 Å². The highest BCUT2D eigenvalue weighted by atomic mass is 32.2. The summed E-state index contributed by atoms with van der Waals surface area (Å²) in [7, 11) is -3.95. The average Bonchev–Trinajstić information content (AvgIpc) is 3.08. The van der Waals surface area contributed by atoms with Crippen LogP contribution < -0.4 is 4.72 Å². The fraction of sp³-hybridized carbons (Fsp3) is 0.118. The summed E-state index contributed by atoms with van der Waals surface area (Å²) in [6.45, 7) is 0. The number of anilines is 1. The van der Waals surface area contributed by atoms with Crippen LogP contribution in [0.2, 0.25) is 0 Å². The molecule has 0 aliphatic carbocycles. The number of rotatable bonds is 7. The molecule has 1 aromatic heterocycles. The largest absolute Gasteiger partial charge is 0.481 e. The zero-order valence-corrected chi connectivity index (χ0v) is 15.1. The van der Waals surface area contributed by atoms with Crippen LogP contribution >= 0.6 is 11.5 Å². The maximum Gasteiger partial charge on any atom is 0.312 e. The third-order valence-corrected chi connectivity index (χ3v) is 5.71. The van der Waals surface area contributed by atoms with Crippen molar-refractivity contribution in [3.8, 4) is 10.4 Å². The Labute approximate surface area is 154 Å². The molecule has 26 heavy (non-hydrogen) atoms. The minimum atomic E-state index is -3.95.